The average Bonchev–Trinajstić information content (AvgIpc) is 2.45. The Balaban J connectivity index is 1.84. The van der Waals surface area contributed by atoms with Gasteiger partial charge in [0.15, 0.2) is 0 Å². The number of nitrogens with zero attached hydrogens (tertiary/aromatic N) is 1. The highest BCUT2D eigenvalue weighted by Crippen LogP contribution is 2.25. The number of piperidine rings is 2. The lowest BCUT2D eigenvalue weighted by molar-refractivity contribution is -0.153. The second-order valence-corrected chi connectivity index (χ2v) is 6.30. The topological polar surface area (TPSA) is 69.6 Å². The number of carbonyl (C=O) groups excluding carboxylic acids is 1. The fourth-order valence-corrected chi connectivity index (χ4v) is 3.32. The summed E-state index contributed by atoms with van der Waals surface area (Å²) < 4.78 is 0. The summed E-state index contributed by atoms with van der Waals surface area (Å²) in [6.45, 7) is 4.74. The maximum atomic E-state index is 12.3. The van der Waals surface area contributed by atoms with Crippen molar-refractivity contribution < 1.29 is 14.7 Å². The van der Waals surface area contributed by atoms with Crippen LogP contribution in [0.25, 0.3) is 0 Å². The maximum Gasteiger partial charge on any atom is 0.326 e. The molecule has 0 aromatic carbocycles. The zero-order chi connectivity index (χ0) is 14.5. The number of carboxylic acids is 1. The van der Waals surface area contributed by atoms with Gasteiger partial charge in [-0.25, -0.2) is 4.79 Å². The Morgan fingerprint density at radius 1 is 1.25 bits per heavy atom. The van der Waals surface area contributed by atoms with Crippen molar-refractivity contribution in [3.8, 4) is 0 Å². The van der Waals surface area contributed by atoms with Gasteiger partial charge >= 0.3 is 5.97 Å². The number of likely N-dealkylation sites (tertiary alicyclic amines) is 1. The number of nitrogens with one attached hydrogen (secondary N) is 1. The fourth-order valence-electron chi connectivity index (χ4n) is 3.32. The maximum absolute atomic E-state index is 12.3. The first kappa shape index (κ1) is 15.3. The molecule has 2 rings (SSSR count). The third kappa shape index (κ3) is 3.95. The van der Waals surface area contributed by atoms with Gasteiger partial charge in [0.1, 0.15) is 6.04 Å². The van der Waals surface area contributed by atoms with Crippen LogP contribution < -0.4 is 5.32 Å². The molecule has 5 heteroatoms. The van der Waals surface area contributed by atoms with Gasteiger partial charge in [0.25, 0.3) is 0 Å². The Morgan fingerprint density at radius 3 is 2.60 bits per heavy atom. The summed E-state index contributed by atoms with van der Waals surface area (Å²) in [7, 11) is 0. The molecule has 2 atom stereocenters. The van der Waals surface area contributed by atoms with Gasteiger partial charge < -0.3 is 15.3 Å². The number of hydrogen-bond acceptors (Lipinski definition) is 3. The molecule has 0 aromatic rings. The molecule has 114 valence electrons. The molecule has 20 heavy (non-hydrogen) atoms. The number of rotatable bonds is 4. The van der Waals surface area contributed by atoms with Gasteiger partial charge in [0.2, 0.25) is 5.91 Å². The lowest BCUT2D eigenvalue weighted by atomic mass is 9.90. The number of carboxylic acid groups (broad SMARTS) is 1. The van der Waals surface area contributed by atoms with E-state index in [2.05, 4.69) is 12.2 Å². The van der Waals surface area contributed by atoms with Crippen molar-refractivity contribution >= 4 is 11.9 Å². The van der Waals surface area contributed by atoms with Crippen LogP contribution in [-0.2, 0) is 9.59 Å². The molecular formula is C15H26N2O3. The lowest BCUT2D eigenvalue weighted by Crippen LogP contribution is -2.49. The summed E-state index contributed by atoms with van der Waals surface area (Å²) in [4.78, 5) is 25.2. The van der Waals surface area contributed by atoms with Crippen molar-refractivity contribution in [2.75, 3.05) is 19.6 Å². The van der Waals surface area contributed by atoms with Crippen LogP contribution in [0.1, 0.15) is 45.4 Å². The van der Waals surface area contributed by atoms with E-state index < -0.39 is 12.0 Å². The molecule has 0 radical (unpaired) electrons. The van der Waals surface area contributed by atoms with Gasteiger partial charge in [-0.05, 0) is 57.0 Å². The molecule has 2 unspecified atom stereocenters. The number of aliphatic carboxylic acids is 1. The summed E-state index contributed by atoms with van der Waals surface area (Å²) in [5, 5.41) is 12.6. The molecule has 5 nitrogen and oxygen atoms in total. The minimum Gasteiger partial charge on any atom is -0.480 e. The van der Waals surface area contributed by atoms with E-state index in [0.717, 1.165) is 38.8 Å². The van der Waals surface area contributed by atoms with Crippen molar-refractivity contribution in [3.63, 3.8) is 0 Å². The molecular weight excluding hydrogens is 256 g/mol. The highest BCUT2D eigenvalue weighted by Gasteiger charge is 2.34. The van der Waals surface area contributed by atoms with Gasteiger partial charge in [-0.2, -0.15) is 0 Å². The molecule has 0 bridgehead atoms. The van der Waals surface area contributed by atoms with Crippen LogP contribution in [0.3, 0.4) is 0 Å². The van der Waals surface area contributed by atoms with Crippen LogP contribution in [0.15, 0.2) is 0 Å². The highest BCUT2D eigenvalue weighted by atomic mass is 16.4. The SMILES string of the molecule is CC1CCN(C(=O)CCC2CCNCC2)C(C(=O)O)C1. The van der Waals surface area contributed by atoms with E-state index in [4.69, 9.17) is 0 Å². The molecule has 1 amide bonds. The molecule has 0 aromatic heterocycles. The smallest absolute Gasteiger partial charge is 0.326 e. The van der Waals surface area contributed by atoms with Gasteiger partial charge in [-0.15, -0.1) is 0 Å². The zero-order valence-corrected chi connectivity index (χ0v) is 12.3. The van der Waals surface area contributed by atoms with E-state index in [-0.39, 0.29) is 5.91 Å². The van der Waals surface area contributed by atoms with E-state index >= 15 is 0 Å². The molecule has 2 aliphatic heterocycles. The largest absolute Gasteiger partial charge is 0.480 e. The molecule has 0 spiro atoms. The highest BCUT2D eigenvalue weighted by molar-refractivity contribution is 5.83. The third-order valence-corrected chi connectivity index (χ3v) is 4.70. The Bertz CT molecular complexity index is 353. The first-order valence-corrected chi connectivity index (χ1v) is 7.81. The van der Waals surface area contributed by atoms with Crippen molar-refractivity contribution in [1.29, 1.82) is 0 Å². The molecule has 0 saturated carbocycles. The first-order valence-electron chi connectivity index (χ1n) is 7.81. The number of hydrogen-bond donors (Lipinski definition) is 2. The Hall–Kier alpha value is -1.10. The lowest BCUT2D eigenvalue weighted by Gasteiger charge is -2.36. The quantitative estimate of drug-likeness (QED) is 0.819. The van der Waals surface area contributed by atoms with Crippen LogP contribution in [0.5, 0.6) is 0 Å². The summed E-state index contributed by atoms with van der Waals surface area (Å²) >= 11 is 0. The molecule has 2 saturated heterocycles. The predicted octanol–water partition coefficient (Wildman–Crippen LogP) is 1.48. The van der Waals surface area contributed by atoms with E-state index in [1.54, 1.807) is 4.90 Å². The zero-order valence-electron chi connectivity index (χ0n) is 12.3. The molecule has 2 heterocycles. The Morgan fingerprint density at radius 2 is 1.95 bits per heavy atom. The normalized spacial score (nSPS) is 28.4. The second kappa shape index (κ2) is 7.07. The van der Waals surface area contributed by atoms with Crippen molar-refractivity contribution in [2.45, 2.75) is 51.5 Å². The molecule has 0 aliphatic carbocycles. The minimum atomic E-state index is -0.855. The van der Waals surface area contributed by atoms with E-state index in [1.807, 2.05) is 0 Å². The summed E-state index contributed by atoms with van der Waals surface area (Å²) in [6, 6.07) is -0.612. The summed E-state index contributed by atoms with van der Waals surface area (Å²) in [6.07, 6.45) is 5.18. The van der Waals surface area contributed by atoms with Crippen LogP contribution >= 0.6 is 0 Å². The predicted molar refractivity (Wildman–Crippen MR) is 76.4 cm³/mol. The monoisotopic (exact) mass is 282 g/mol. The molecule has 2 fully saturated rings. The van der Waals surface area contributed by atoms with Crippen molar-refractivity contribution in [2.24, 2.45) is 11.8 Å². The summed E-state index contributed by atoms with van der Waals surface area (Å²) in [5.74, 6) is 0.186. The fraction of sp³-hybridized carbons (Fsp3) is 0.867. The van der Waals surface area contributed by atoms with Crippen LogP contribution in [0, 0.1) is 11.8 Å². The second-order valence-electron chi connectivity index (χ2n) is 6.30. The van der Waals surface area contributed by atoms with E-state index in [1.165, 1.54) is 0 Å². The third-order valence-electron chi connectivity index (χ3n) is 4.70. The first-order chi connectivity index (χ1) is 9.58. The van der Waals surface area contributed by atoms with Gasteiger partial charge in [0.05, 0.1) is 0 Å². The van der Waals surface area contributed by atoms with E-state index in [0.29, 0.717) is 31.2 Å². The number of carbonyl (C=O) groups is 2. The average molecular weight is 282 g/mol. The van der Waals surface area contributed by atoms with Crippen LogP contribution in [0.4, 0.5) is 0 Å². The molecule has 2 aliphatic rings. The van der Waals surface area contributed by atoms with Crippen molar-refractivity contribution in [1.82, 2.24) is 10.2 Å². The Kier molecular flexibility index (Phi) is 5.40. The minimum absolute atomic E-state index is 0.0304. The standard InChI is InChI=1S/C15H26N2O3/c1-11-6-9-17(13(10-11)15(19)20)14(18)3-2-12-4-7-16-8-5-12/h11-13,16H,2-10H2,1H3,(H,19,20). The van der Waals surface area contributed by atoms with E-state index in [9.17, 15) is 14.7 Å². The Labute approximate surface area is 120 Å². The molecule has 2 N–H and O–H groups in total. The van der Waals surface area contributed by atoms with Gasteiger partial charge in [-0.3, -0.25) is 4.79 Å². The van der Waals surface area contributed by atoms with Crippen molar-refractivity contribution in [3.05, 3.63) is 0 Å². The van der Waals surface area contributed by atoms with Gasteiger partial charge in [0, 0.05) is 13.0 Å². The van der Waals surface area contributed by atoms with Crippen LogP contribution in [0.2, 0.25) is 0 Å². The van der Waals surface area contributed by atoms with Crippen LogP contribution in [-0.4, -0.2) is 47.6 Å². The summed E-state index contributed by atoms with van der Waals surface area (Å²) in [5.41, 5.74) is 0. The number of amides is 1. The van der Waals surface area contributed by atoms with Gasteiger partial charge in [-0.1, -0.05) is 6.92 Å².